The quantitative estimate of drug-likeness (QED) is 0.448. The molecule has 0 spiro atoms. The molecule has 2 aliphatic heterocycles. The summed E-state index contributed by atoms with van der Waals surface area (Å²) in [5, 5.41) is 10.5. The van der Waals surface area contributed by atoms with Crippen LogP contribution in [0, 0.1) is 5.82 Å². The van der Waals surface area contributed by atoms with Crippen molar-refractivity contribution in [3.63, 3.8) is 0 Å². The third kappa shape index (κ3) is 7.01. The Labute approximate surface area is 230 Å². The van der Waals surface area contributed by atoms with E-state index in [2.05, 4.69) is 0 Å². The van der Waals surface area contributed by atoms with Gasteiger partial charge in [0.2, 0.25) is 0 Å². The number of carbonyl (C=O) groups is 2. The second-order valence-electron chi connectivity index (χ2n) is 9.81. The first-order chi connectivity index (χ1) is 19.1. The van der Waals surface area contributed by atoms with E-state index in [1.54, 1.807) is 0 Å². The van der Waals surface area contributed by atoms with Gasteiger partial charge >= 0.3 is 24.5 Å². The van der Waals surface area contributed by atoms with Gasteiger partial charge in [-0.05, 0) is 62.3 Å². The highest BCUT2D eigenvalue weighted by Gasteiger charge is 2.44. The van der Waals surface area contributed by atoms with Crippen LogP contribution in [0.5, 0.6) is 5.75 Å². The van der Waals surface area contributed by atoms with Crippen LogP contribution in [0.1, 0.15) is 24.0 Å². The van der Waals surface area contributed by atoms with Crippen molar-refractivity contribution in [2.75, 3.05) is 56.1 Å². The van der Waals surface area contributed by atoms with E-state index >= 15 is 0 Å². The molecule has 15 heteroatoms. The zero-order valence-corrected chi connectivity index (χ0v) is 21.8. The number of nitrogens with zero attached hydrogens (tertiary/aromatic N) is 4. The molecule has 2 fully saturated rings. The van der Waals surface area contributed by atoms with Crippen LogP contribution < -0.4 is 14.5 Å². The van der Waals surface area contributed by atoms with Crippen molar-refractivity contribution in [3.05, 3.63) is 53.3 Å². The average molecular weight is 593 g/mol. The first-order valence-electron chi connectivity index (χ1n) is 12.7. The van der Waals surface area contributed by atoms with E-state index in [4.69, 9.17) is 4.74 Å². The summed E-state index contributed by atoms with van der Waals surface area (Å²) in [5.74, 6) is -1.94. The van der Waals surface area contributed by atoms with Gasteiger partial charge < -0.3 is 19.6 Å². The summed E-state index contributed by atoms with van der Waals surface area (Å²) in [7, 11) is 1.11. The van der Waals surface area contributed by atoms with Crippen molar-refractivity contribution in [3.8, 4) is 5.75 Å². The monoisotopic (exact) mass is 592 g/mol. The van der Waals surface area contributed by atoms with Gasteiger partial charge in [-0.25, -0.2) is 14.0 Å². The van der Waals surface area contributed by atoms with Crippen LogP contribution in [0.15, 0.2) is 36.4 Å². The highest BCUT2D eigenvalue weighted by Crippen LogP contribution is 2.47. The number of hydrogen-bond donors (Lipinski definition) is 1. The van der Waals surface area contributed by atoms with E-state index in [1.807, 2.05) is 4.90 Å². The van der Waals surface area contributed by atoms with Crippen LogP contribution in [0.3, 0.4) is 0 Å². The maximum atomic E-state index is 14.1. The summed E-state index contributed by atoms with van der Waals surface area (Å²) < 4.78 is 102. The Morgan fingerprint density at radius 3 is 2.20 bits per heavy atom. The molecule has 2 aromatic rings. The zero-order valence-electron chi connectivity index (χ0n) is 21.8. The molecule has 3 amide bonds. The molecule has 0 aliphatic carbocycles. The van der Waals surface area contributed by atoms with Gasteiger partial charge in [-0.3, -0.25) is 9.80 Å². The first-order valence-corrected chi connectivity index (χ1v) is 12.7. The number of carbonyl (C=O) groups excluding carboxylic acids is 2. The van der Waals surface area contributed by atoms with Gasteiger partial charge in [-0.1, -0.05) is 0 Å². The van der Waals surface area contributed by atoms with E-state index < -0.39 is 59.0 Å². The number of urea groups is 1. The molecule has 0 bridgehead atoms. The fourth-order valence-electron chi connectivity index (χ4n) is 4.77. The molecule has 1 atom stereocenters. The number of rotatable bonds is 7. The molecule has 2 heterocycles. The van der Waals surface area contributed by atoms with Crippen molar-refractivity contribution in [2.24, 2.45) is 0 Å². The Morgan fingerprint density at radius 2 is 1.61 bits per heavy atom. The largest absolute Gasteiger partial charge is 0.420 e. The summed E-state index contributed by atoms with van der Waals surface area (Å²) in [6.07, 6.45) is -11.1. The molecule has 0 aromatic heterocycles. The van der Waals surface area contributed by atoms with E-state index in [9.17, 15) is 45.4 Å². The highest BCUT2D eigenvalue weighted by molar-refractivity contribution is 5.97. The fraction of sp³-hybridized carbons (Fsp3) is 0.462. The van der Waals surface area contributed by atoms with Crippen LogP contribution in [0.2, 0.25) is 0 Å². The van der Waals surface area contributed by atoms with E-state index in [-0.39, 0.29) is 37.9 Å². The predicted molar refractivity (Wildman–Crippen MR) is 133 cm³/mol. The predicted octanol–water partition coefficient (Wildman–Crippen LogP) is 5.20. The standard InChI is InChI=1S/C26H27F7N4O4/c1-34(18-6-4-17(27)5-7-18)24(40)41-22-20(26(31,32)33)12-16(25(28,29)30)13-21(22)37-11-10-36(23(37)39)15-19(38)14-35-8-2-3-9-35/h4-7,12-13,19,38H,2-3,8-11,14-15H2,1H3. The number of halogens is 7. The minimum absolute atomic E-state index is 0.0221. The Bertz CT molecular complexity index is 1260. The lowest BCUT2D eigenvalue weighted by Crippen LogP contribution is -2.41. The second-order valence-corrected chi connectivity index (χ2v) is 9.81. The number of likely N-dealkylation sites (tertiary alicyclic amines) is 1. The number of aliphatic hydroxyl groups is 1. The third-order valence-electron chi connectivity index (χ3n) is 6.86. The number of β-amino-alcohol motifs (C(OH)–C–C–N with tert-alkyl or cyclic N) is 1. The Kier molecular flexibility index (Phi) is 8.68. The van der Waals surface area contributed by atoms with Crippen LogP contribution in [0.4, 0.5) is 51.7 Å². The molecule has 1 N–H and O–H groups in total. The van der Waals surface area contributed by atoms with Gasteiger partial charge in [0.1, 0.15) is 11.4 Å². The lowest BCUT2D eigenvalue weighted by molar-refractivity contribution is -0.143. The number of ether oxygens (including phenoxy) is 1. The molecule has 224 valence electrons. The molecule has 2 aromatic carbocycles. The smallest absolute Gasteiger partial charge is 0.407 e. The van der Waals surface area contributed by atoms with Crippen LogP contribution in [-0.4, -0.2) is 79.5 Å². The highest BCUT2D eigenvalue weighted by atomic mass is 19.4. The number of anilines is 2. The van der Waals surface area contributed by atoms with Crippen molar-refractivity contribution in [1.82, 2.24) is 9.80 Å². The normalized spacial score (nSPS) is 17.3. The fourth-order valence-corrected chi connectivity index (χ4v) is 4.77. The molecule has 4 rings (SSSR count). The molecular weight excluding hydrogens is 565 g/mol. The van der Waals surface area contributed by atoms with E-state index in [0.29, 0.717) is 11.0 Å². The first kappa shape index (κ1) is 30.4. The summed E-state index contributed by atoms with van der Waals surface area (Å²) in [4.78, 5) is 30.5. The lowest BCUT2D eigenvalue weighted by atomic mass is 10.1. The SMILES string of the molecule is CN(C(=O)Oc1c(N2CCN(CC(O)CN3CCCC3)C2=O)cc(C(F)(F)F)cc1C(F)(F)F)c1ccc(F)cc1. The van der Waals surface area contributed by atoms with E-state index in [0.717, 1.165) is 67.0 Å². The van der Waals surface area contributed by atoms with Crippen LogP contribution in [-0.2, 0) is 12.4 Å². The van der Waals surface area contributed by atoms with Gasteiger partial charge in [0, 0.05) is 38.9 Å². The minimum atomic E-state index is -5.41. The minimum Gasteiger partial charge on any atom is -0.407 e. The molecular formula is C26H27F7N4O4. The molecule has 2 aliphatic rings. The van der Waals surface area contributed by atoms with Crippen molar-refractivity contribution in [1.29, 1.82) is 0 Å². The molecule has 8 nitrogen and oxygen atoms in total. The summed E-state index contributed by atoms with van der Waals surface area (Å²) in [6.45, 7) is 1.16. The van der Waals surface area contributed by atoms with Gasteiger partial charge in [-0.15, -0.1) is 0 Å². The number of hydrogen-bond acceptors (Lipinski definition) is 5. The number of amides is 3. The maximum absolute atomic E-state index is 14.1. The molecule has 0 saturated carbocycles. The summed E-state index contributed by atoms with van der Waals surface area (Å²) in [5.41, 5.74) is -4.50. The van der Waals surface area contributed by atoms with Gasteiger partial charge in [-0.2, -0.15) is 26.3 Å². The number of benzene rings is 2. The average Bonchev–Trinajstić information content (AvgIpc) is 3.52. The summed E-state index contributed by atoms with van der Waals surface area (Å²) in [6, 6.07) is 3.43. The maximum Gasteiger partial charge on any atom is 0.420 e. The van der Waals surface area contributed by atoms with Crippen LogP contribution in [0.25, 0.3) is 0 Å². The van der Waals surface area contributed by atoms with Crippen molar-refractivity contribution >= 4 is 23.5 Å². The second kappa shape index (κ2) is 11.7. The molecule has 2 saturated heterocycles. The lowest BCUT2D eigenvalue weighted by Gasteiger charge is -2.27. The number of alkyl halides is 6. The molecule has 41 heavy (non-hydrogen) atoms. The van der Waals surface area contributed by atoms with Gasteiger partial charge in [0.05, 0.1) is 17.4 Å². The Balaban J connectivity index is 1.68. The van der Waals surface area contributed by atoms with Gasteiger partial charge in [0.15, 0.2) is 5.75 Å². The van der Waals surface area contributed by atoms with Crippen molar-refractivity contribution in [2.45, 2.75) is 31.3 Å². The van der Waals surface area contributed by atoms with Crippen LogP contribution >= 0.6 is 0 Å². The topological polar surface area (TPSA) is 76.6 Å². The molecule has 0 radical (unpaired) electrons. The Hall–Kier alpha value is -3.59. The van der Waals surface area contributed by atoms with E-state index in [1.165, 1.54) is 0 Å². The number of aliphatic hydroxyl groups excluding tert-OH is 1. The molecule has 1 unspecified atom stereocenters. The zero-order chi connectivity index (χ0) is 30.1. The third-order valence-corrected chi connectivity index (χ3v) is 6.86. The summed E-state index contributed by atoms with van der Waals surface area (Å²) >= 11 is 0. The Morgan fingerprint density at radius 1 is 0.976 bits per heavy atom. The van der Waals surface area contributed by atoms with Gasteiger partial charge in [0.25, 0.3) is 0 Å². The van der Waals surface area contributed by atoms with Crippen molar-refractivity contribution < 1.29 is 50.2 Å².